The molecular formula is C23H18BrNO3. The minimum atomic E-state index is -1.90. The average Bonchev–Trinajstić information content (AvgIpc) is 2.89. The normalized spacial score (nSPS) is 18.4. The van der Waals surface area contributed by atoms with E-state index in [1.807, 2.05) is 30.3 Å². The van der Waals surface area contributed by atoms with E-state index in [1.54, 1.807) is 36.4 Å². The standard InChI is InChI=1S/C23H18BrNO3/c1-2-11-25-20-10-9-18(24)13-19(20)23(28,22(25)27)14-21(26)17-8-7-15-5-3-4-6-16(15)12-17/h2-10,12-13,28H,1,11,14H2. The molecule has 28 heavy (non-hydrogen) atoms. The van der Waals surface area contributed by atoms with Gasteiger partial charge in [-0.2, -0.15) is 0 Å². The van der Waals surface area contributed by atoms with Crippen molar-refractivity contribution in [3.8, 4) is 0 Å². The summed E-state index contributed by atoms with van der Waals surface area (Å²) in [7, 11) is 0. The van der Waals surface area contributed by atoms with E-state index in [2.05, 4.69) is 22.5 Å². The average molecular weight is 436 g/mol. The number of halogens is 1. The molecule has 4 rings (SSSR count). The number of hydrogen-bond donors (Lipinski definition) is 1. The van der Waals surface area contributed by atoms with Crippen molar-refractivity contribution in [2.24, 2.45) is 0 Å². The highest BCUT2D eigenvalue weighted by Gasteiger charge is 2.50. The van der Waals surface area contributed by atoms with Crippen molar-refractivity contribution < 1.29 is 14.7 Å². The molecule has 0 aliphatic carbocycles. The van der Waals surface area contributed by atoms with E-state index in [0.29, 0.717) is 16.8 Å². The zero-order valence-electron chi connectivity index (χ0n) is 15.1. The fraction of sp³-hybridized carbons (Fsp3) is 0.130. The number of carbonyl (C=O) groups is 2. The van der Waals surface area contributed by atoms with Crippen molar-refractivity contribution in [2.45, 2.75) is 12.0 Å². The summed E-state index contributed by atoms with van der Waals surface area (Å²) in [6.45, 7) is 3.95. The summed E-state index contributed by atoms with van der Waals surface area (Å²) < 4.78 is 0.732. The maximum absolute atomic E-state index is 13.0. The number of hydrogen-bond acceptors (Lipinski definition) is 3. The summed E-state index contributed by atoms with van der Waals surface area (Å²) >= 11 is 3.39. The molecule has 1 aliphatic rings. The van der Waals surface area contributed by atoms with E-state index < -0.39 is 11.5 Å². The first-order valence-electron chi connectivity index (χ1n) is 8.91. The fourth-order valence-electron chi connectivity index (χ4n) is 3.70. The lowest BCUT2D eigenvalue weighted by Crippen LogP contribution is -2.41. The third-order valence-electron chi connectivity index (χ3n) is 5.09. The molecule has 1 atom stereocenters. The maximum Gasteiger partial charge on any atom is 0.264 e. The highest BCUT2D eigenvalue weighted by molar-refractivity contribution is 9.10. The Balaban J connectivity index is 1.73. The van der Waals surface area contributed by atoms with Gasteiger partial charge < -0.3 is 10.0 Å². The lowest BCUT2D eigenvalue weighted by molar-refractivity contribution is -0.135. The van der Waals surface area contributed by atoms with Crippen LogP contribution >= 0.6 is 15.9 Å². The number of ketones is 1. The smallest absolute Gasteiger partial charge is 0.264 e. The Morgan fingerprint density at radius 1 is 1.11 bits per heavy atom. The second kappa shape index (κ2) is 7.00. The molecule has 4 nitrogen and oxygen atoms in total. The Labute approximate surface area is 171 Å². The number of benzene rings is 3. The number of aliphatic hydroxyl groups is 1. The molecule has 0 spiro atoms. The molecule has 0 bridgehead atoms. The van der Waals surface area contributed by atoms with Gasteiger partial charge in [0.05, 0.1) is 12.1 Å². The second-order valence-corrected chi connectivity index (χ2v) is 7.80. The fourth-order valence-corrected chi connectivity index (χ4v) is 4.06. The van der Waals surface area contributed by atoms with Crippen LogP contribution in [0.25, 0.3) is 10.8 Å². The number of nitrogens with zero attached hydrogens (tertiary/aromatic N) is 1. The van der Waals surface area contributed by atoms with Gasteiger partial charge in [0, 0.05) is 22.1 Å². The van der Waals surface area contributed by atoms with Crippen LogP contribution in [0.1, 0.15) is 22.3 Å². The molecule has 140 valence electrons. The van der Waals surface area contributed by atoms with Crippen LogP contribution in [-0.2, 0) is 10.4 Å². The lowest BCUT2D eigenvalue weighted by Gasteiger charge is -2.22. The first-order valence-corrected chi connectivity index (χ1v) is 9.70. The van der Waals surface area contributed by atoms with Crippen LogP contribution in [0.5, 0.6) is 0 Å². The molecule has 3 aromatic rings. The topological polar surface area (TPSA) is 57.6 Å². The Morgan fingerprint density at radius 3 is 2.61 bits per heavy atom. The van der Waals surface area contributed by atoms with Gasteiger partial charge in [-0.05, 0) is 35.0 Å². The van der Waals surface area contributed by atoms with Crippen LogP contribution in [0.15, 0.2) is 77.8 Å². The molecule has 0 radical (unpaired) electrons. The SMILES string of the molecule is C=CCN1C(=O)C(O)(CC(=O)c2ccc3ccccc3c2)c2cc(Br)ccc21. The molecule has 1 N–H and O–H groups in total. The van der Waals surface area contributed by atoms with Crippen LogP contribution < -0.4 is 4.90 Å². The van der Waals surface area contributed by atoms with Crippen LogP contribution in [0.2, 0.25) is 0 Å². The van der Waals surface area contributed by atoms with Gasteiger partial charge >= 0.3 is 0 Å². The first kappa shape index (κ1) is 18.6. The minimum Gasteiger partial charge on any atom is -0.375 e. The number of rotatable bonds is 5. The van der Waals surface area contributed by atoms with Crippen LogP contribution in [0, 0.1) is 0 Å². The predicted molar refractivity (Wildman–Crippen MR) is 113 cm³/mol. The Hall–Kier alpha value is -2.76. The number of carbonyl (C=O) groups excluding carboxylic acids is 2. The predicted octanol–water partition coefficient (Wildman–Crippen LogP) is 4.60. The van der Waals surface area contributed by atoms with Crippen molar-refractivity contribution in [3.63, 3.8) is 0 Å². The first-order chi connectivity index (χ1) is 13.4. The Bertz CT molecular complexity index is 1120. The molecule has 0 saturated carbocycles. The van der Waals surface area contributed by atoms with E-state index in [1.165, 1.54) is 4.90 Å². The van der Waals surface area contributed by atoms with E-state index in [-0.39, 0.29) is 18.7 Å². The van der Waals surface area contributed by atoms with Crippen molar-refractivity contribution in [1.29, 1.82) is 0 Å². The van der Waals surface area contributed by atoms with Gasteiger partial charge in [0.2, 0.25) is 0 Å². The number of amides is 1. The van der Waals surface area contributed by atoms with Gasteiger partial charge in [0.25, 0.3) is 5.91 Å². The number of anilines is 1. The second-order valence-electron chi connectivity index (χ2n) is 6.89. The third-order valence-corrected chi connectivity index (χ3v) is 5.59. The number of Topliss-reactive ketones (excluding diaryl/α,β-unsaturated/α-hetero) is 1. The highest BCUT2D eigenvalue weighted by Crippen LogP contribution is 2.44. The quantitative estimate of drug-likeness (QED) is 0.470. The minimum absolute atomic E-state index is 0.264. The summed E-state index contributed by atoms with van der Waals surface area (Å²) in [4.78, 5) is 27.5. The Kier molecular flexibility index (Phi) is 4.65. The molecule has 0 saturated heterocycles. The molecule has 1 heterocycles. The van der Waals surface area contributed by atoms with Crippen LogP contribution in [0.3, 0.4) is 0 Å². The molecule has 1 aliphatic heterocycles. The summed E-state index contributed by atoms with van der Waals surface area (Å²) in [5, 5.41) is 13.3. The van der Waals surface area contributed by atoms with Gasteiger partial charge in [0.1, 0.15) is 0 Å². The van der Waals surface area contributed by atoms with E-state index in [0.717, 1.165) is 15.2 Å². The third kappa shape index (κ3) is 2.97. The summed E-state index contributed by atoms with van der Waals surface area (Å²) in [5.41, 5.74) is -0.395. The maximum atomic E-state index is 13.0. The lowest BCUT2D eigenvalue weighted by atomic mass is 9.88. The summed E-state index contributed by atoms with van der Waals surface area (Å²) in [6.07, 6.45) is 1.28. The van der Waals surface area contributed by atoms with Crippen molar-refractivity contribution in [2.75, 3.05) is 11.4 Å². The van der Waals surface area contributed by atoms with E-state index in [4.69, 9.17) is 0 Å². The van der Waals surface area contributed by atoms with Gasteiger partial charge in [-0.15, -0.1) is 6.58 Å². The van der Waals surface area contributed by atoms with Crippen molar-refractivity contribution in [3.05, 3.63) is 88.9 Å². The molecule has 3 aromatic carbocycles. The summed E-state index contributed by atoms with van der Waals surface area (Å²) in [6, 6.07) is 18.4. The number of fused-ring (bicyclic) bond motifs is 2. The molecular weight excluding hydrogens is 418 g/mol. The van der Waals surface area contributed by atoms with Crippen LogP contribution in [0.4, 0.5) is 5.69 Å². The summed E-state index contributed by atoms with van der Waals surface area (Å²) in [5.74, 6) is -0.789. The molecule has 0 aromatic heterocycles. The largest absolute Gasteiger partial charge is 0.375 e. The van der Waals surface area contributed by atoms with Crippen molar-refractivity contribution >= 4 is 44.1 Å². The Morgan fingerprint density at radius 2 is 1.86 bits per heavy atom. The molecule has 0 fully saturated rings. The van der Waals surface area contributed by atoms with Crippen molar-refractivity contribution in [1.82, 2.24) is 0 Å². The monoisotopic (exact) mass is 435 g/mol. The van der Waals surface area contributed by atoms with Gasteiger partial charge in [-0.25, -0.2) is 0 Å². The van der Waals surface area contributed by atoms with Gasteiger partial charge in [0.15, 0.2) is 11.4 Å². The van der Waals surface area contributed by atoms with Gasteiger partial charge in [-0.3, -0.25) is 9.59 Å². The molecule has 5 heteroatoms. The molecule has 1 amide bonds. The van der Waals surface area contributed by atoms with Crippen LogP contribution in [-0.4, -0.2) is 23.3 Å². The van der Waals surface area contributed by atoms with E-state index in [9.17, 15) is 14.7 Å². The highest BCUT2D eigenvalue weighted by atomic mass is 79.9. The van der Waals surface area contributed by atoms with Gasteiger partial charge in [-0.1, -0.05) is 58.4 Å². The molecule has 1 unspecified atom stereocenters. The zero-order chi connectivity index (χ0) is 19.9. The van der Waals surface area contributed by atoms with E-state index >= 15 is 0 Å². The zero-order valence-corrected chi connectivity index (χ0v) is 16.6.